The van der Waals surface area contributed by atoms with Gasteiger partial charge in [0.05, 0.1) is 51.6 Å². The standard InChI is InChI=1S/C32H40N2O3SSi.C23H28N4O4S.C7H7ClN2O.CH4/c1-23(2)31-29-20-24-19-25(30(38(6,35)36)21-28(24)34(29)18-17-33-31)22-37-39(32(3,4)5,26-13-9-7-10-14-26)27-15-11-8-12-16-27;1-13(2)22-20-9-16-8-17(12-28)21(32(5,30)31)10-19(16)26(20)6-7-27(22)23-24-11-18(15(4)29)14(3)25-23;1-4-6(5(2)11)3-9-7(8)10-4;/h7-16,19-21,23,31,33H,17-18,22H2,1-6H3;8-11,13,22,28H,6-7,12H2,1-5H3;3H,1-2H3;1H4. The lowest BCUT2D eigenvalue weighted by Gasteiger charge is -2.43. The van der Waals surface area contributed by atoms with Gasteiger partial charge in [0, 0.05) is 90.3 Å². The van der Waals surface area contributed by atoms with Crippen molar-refractivity contribution in [3.05, 3.63) is 160 Å². The Labute approximate surface area is 495 Å². The fourth-order valence-corrected chi connectivity index (χ4v) is 18.3. The molecule has 0 saturated carbocycles. The SMILES string of the molecule is C.CC(=O)c1cnc(Cl)nc1C.CC(=O)c1cnc(N2CCn3c(cc4cc(CO)c(S(C)(=O)=O)cc43)C2C(C)C)nc1C.CC(C)C1NCCn2c1cc1cc(CO[Si](c3ccccc3)(c3ccccc3)C(C)(C)C)c(S(C)(=O)=O)cc12. The molecule has 0 aliphatic carbocycles. The predicted molar refractivity (Wildman–Crippen MR) is 334 cm³/mol. The monoisotopic (exact) mass is 1200 g/mol. The van der Waals surface area contributed by atoms with Crippen molar-refractivity contribution >= 4 is 89.3 Å². The molecular formula is C63H79ClN8O8S2Si. The molecule has 2 atom stereocenters. The second-order valence-corrected chi connectivity index (χ2v) is 31.7. The van der Waals surface area contributed by atoms with Crippen molar-refractivity contribution < 1.29 is 36.0 Å². The van der Waals surface area contributed by atoms with Crippen LogP contribution in [0.3, 0.4) is 0 Å². The fourth-order valence-electron chi connectivity index (χ4n) is 11.8. The van der Waals surface area contributed by atoms with Crippen LogP contribution < -0.4 is 20.6 Å². The highest BCUT2D eigenvalue weighted by molar-refractivity contribution is 7.91. The maximum Gasteiger partial charge on any atom is 0.261 e. The lowest BCUT2D eigenvalue weighted by atomic mass is 9.97. The molecule has 0 amide bonds. The van der Waals surface area contributed by atoms with E-state index in [0.717, 1.165) is 52.4 Å². The molecule has 16 nitrogen and oxygen atoms in total. The molecule has 0 bridgehead atoms. The van der Waals surface area contributed by atoms with E-state index in [4.69, 9.17) is 16.0 Å². The molecular weight excluding hydrogens is 1120 g/mol. The molecule has 0 radical (unpaired) electrons. The number of carbonyl (C=O) groups excluding carboxylic acids is 2. The lowest BCUT2D eigenvalue weighted by molar-refractivity contribution is 0.100. The molecule has 0 saturated heterocycles. The Morgan fingerprint density at radius 3 is 1.67 bits per heavy atom. The van der Waals surface area contributed by atoms with Gasteiger partial charge >= 0.3 is 0 Å². The zero-order valence-corrected chi connectivity index (χ0v) is 52.5. The minimum Gasteiger partial charge on any atom is -0.403 e. The van der Waals surface area contributed by atoms with Gasteiger partial charge in [-0.25, -0.2) is 36.8 Å². The van der Waals surface area contributed by atoms with Gasteiger partial charge in [0.1, 0.15) is 0 Å². The molecule has 20 heteroatoms. The Hall–Kier alpha value is -6.45. The normalized spacial score (nSPS) is 15.5. The molecule has 6 heterocycles. The van der Waals surface area contributed by atoms with Crippen molar-refractivity contribution in [1.82, 2.24) is 34.4 Å². The number of benzene rings is 4. The van der Waals surface area contributed by atoms with Crippen LogP contribution in [0.4, 0.5) is 5.95 Å². The van der Waals surface area contributed by atoms with E-state index in [1.165, 1.54) is 42.4 Å². The molecule has 442 valence electrons. The minimum absolute atomic E-state index is 0. The third-order valence-corrected chi connectivity index (χ3v) is 23.0. The smallest absolute Gasteiger partial charge is 0.261 e. The zero-order chi connectivity index (χ0) is 59.8. The number of halogens is 1. The second kappa shape index (κ2) is 25.4. The number of hydrogen-bond acceptors (Lipinski definition) is 14. The molecule has 4 aromatic heterocycles. The number of anilines is 1. The van der Waals surface area contributed by atoms with E-state index in [2.05, 4.69) is 148 Å². The molecule has 0 spiro atoms. The van der Waals surface area contributed by atoms with Gasteiger partial charge in [-0.15, -0.1) is 0 Å². The number of ketones is 2. The number of aliphatic hydroxyl groups excluding tert-OH is 1. The summed E-state index contributed by atoms with van der Waals surface area (Å²) in [6.45, 7) is 24.8. The van der Waals surface area contributed by atoms with Gasteiger partial charge in [-0.1, -0.05) is 117 Å². The predicted octanol–water partition coefficient (Wildman–Crippen LogP) is 10.8. The first-order chi connectivity index (χ1) is 38.6. The van der Waals surface area contributed by atoms with Crippen LogP contribution in [0, 0.1) is 25.7 Å². The maximum atomic E-state index is 13.2. The number of nitrogens with zero attached hydrogens (tertiary/aromatic N) is 7. The molecule has 2 unspecified atom stereocenters. The summed E-state index contributed by atoms with van der Waals surface area (Å²) >= 11 is 5.49. The van der Waals surface area contributed by atoms with Crippen LogP contribution in [0.1, 0.15) is 136 Å². The van der Waals surface area contributed by atoms with Crippen molar-refractivity contribution in [1.29, 1.82) is 0 Å². The highest BCUT2D eigenvalue weighted by Gasteiger charge is 2.50. The van der Waals surface area contributed by atoms with Crippen molar-refractivity contribution in [2.45, 2.75) is 137 Å². The summed E-state index contributed by atoms with van der Waals surface area (Å²) in [5, 5.41) is 17.7. The van der Waals surface area contributed by atoms with Crippen molar-refractivity contribution in [3.63, 3.8) is 0 Å². The van der Waals surface area contributed by atoms with Gasteiger partial charge < -0.3 is 28.9 Å². The number of Topliss-reactive ketones (excluding diaryl/α,β-unsaturated/α-hetero) is 2. The summed E-state index contributed by atoms with van der Waals surface area (Å²) < 4.78 is 62.5. The van der Waals surface area contributed by atoms with E-state index in [1.54, 1.807) is 25.3 Å². The van der Waals surface area contributed by atoms with Crippen molar-refractivity contribution in [2.75, 3.05) is 30.5 Å². The second-order valence-electron chi connectivity index (χ2n) is 23.1. The van der Waals surface area contributed by atoms with Crippen molar-refractivity contribution in [3.8, 4) is 0 Å². The Kier molecular flexibility index (Phi) is 19.6. The third kappa shape index (κ3) is 13.3. The highest BCUT2D eigenvalue weighted by atomic mass is 35.5. The Bertz CT molecular complexity index is 3880. The maximum absolute atomic E-state index is 13.2. The highest BCUT2D eigenvalue weighted by Crippen LogP contribution is 2.41. The first-order valence-corrected chi connectivity index (χ1v) is 33.6. The lowest BCUT2D eigenvalue weighted by Crippen LogP contribution is -2.66. The fraction of sp³-hybridized carbons (Fsp3) is 0.397. The average Bonchev–Trinajstić information content (AvgIpc) is 2.28. The van der Waals surface area contributed by atoms with Crippen LogP contribution in [-0.4, -0.2) is 96.5 Å². The van der Waals surface area contributed by atoms with Gasteiger partial charge in [-0.05, 0) is 114 Å². The number of aliphatic hydroxyl groups is 1. The molecule has 83 heavy (non-hydrogen) atoms. The number of nitrogens with one attached hydrogen (secondary N) is 1. The molecule has 2 aliphatic heterocycles. The molecule has 10 rings (SSSR count). The van der Waals surface area contributed by atoms with E-state index < -0.39 is 28.0 Å². The van der Waals surface area contributed by atoms with Crippen LogP contribution in [-0.2, 0) is 50.4 Å². The third-order valence-electron chi connectivity index (χ3n) is 15.5. The summed E-state index contributed by atoms with van der Waals surface area (Å²) in [6, 6.07) is 32.8. The first kappa shape index (κ1) is 64.1. The van der Waals surface area contributed by atoms with E-state index in [1.807, 2.05) is 31.2 Å². The Balaban J connectivity index is 0.000000202. The molecule has 8 aromatic rings. The Morgan fingerprint density at radius 2 is 1.20 bits per heavy atom. The number of sulfone groups is 2. The molecule has 4 aromatic carbocycles. The van der Waals surface area contributed by atoms with Gasteiger partial charge in [-0.3, -0.25) is 9.59 Å². The summed E-state index contributed by atoms with van der Waals surface area (Å²) in [6.07, 6.45) is 5.50. The van der Waals surface area contributed by atoms with Gasteiger partial charge in [0.2, 0.25) is 11.2 Å². The average molecular weight is 1200 g/mol. The number of fused-ring (bicyclic) bond motifs is 6. The van der Waals surface area contributed by atoms with Crippen LogP contribution in [0.15, 0.2) is 119 Å². The van der Waals surface area contributed by atoms with Gasteiger partial charge in [0.15, 0.2) is 31.2 Å². The van der Waals surface area contributed by atoms with Crippen LogP contribution in [0.25, 0.3) is 21.8 Å². The number of carbonyl (C=O) groups is 2. The van der Waals surface area contributed by atoms with Crippen LogP contribution in [0.5, 0.6) is 0 Å². The van der Waals surface area contributed by atoms with Gasteiger partial charge in [0.25, 0.3) is 8.32 Å². The van der Waals surface area contributed by atoms with E-state index >= 15 is 0 Å². The largest absolute Gasteiger partial charge is 0.403 e. The summed E-state index contributed by atoms with van der Waals surface area (Å²) in [5.74, 6) is 1.13. The van der Waals surface area contributed by atoms with Crippen molar-refractivity contribution in [2.24, 2.45) is 11.8 Å². The first-order valence-electron chi connectivity index (χ1n) is 27.5. The van der Waals surface area contributed by atoms with Gasteiger partial charge in [-0.2, -0.15) is 0 Å². The molecule has 2 N–H and O–H groups in total. The number of rotatable bonds is 13. The number of aryl methyl sites for hydroxylation is 2. The quantitative estimate of drug-likeness (QED) is 0.0625. The topological polar surface area (TPSA) is 209 Å². The van der Waals surface area contributed by atoms with Crippen LogP contribution >= 0.6 is 11.6 Å². The number of hydrogen-bond donors (Lipinski definition) is 2. The molecule has 2 aliphatic rings. The van der Waals surface area contributed by atoms with E-state index in [0.29, 0.717) is 57.9 Å². The Morgan fingerprint density at radius 1 is 0.711 bits per heavy atom. The molecule has 0 fully saturated rings. The minimum atomic E-state index is -3.49. The number of aromatic nitrogens is 6. The zero-order valence-electron chi connectivity index (χ0n) is 49.1. The van der Waals surface area contributed by atoms with E-state index in [-0.39, 0.29) is 65.4 Å². The van der Waals surface area contributed by atoms with E-state index in [9.17, 15) is 31.5 Å². The summed E-state index contributed by atoms with van der Waals surface area (Å²) in [7, 11) is -9.78. The summed E-state index contributed by atoms with van der Waals surface area (Å²) in [5.41, 5.74) is 7.52. The van der Waals surface area contributed by atoms with Crippen LogP contribution in [0.2, 0.25) is 10.3 Å². The summed E-state index contributed by atoms with van der Waals surface area (Å²) in [4.78, 5) is 41.9.